The Morgan fingerprint density at radius 2 is 2.16 bits per heavy atom. The van der Waals surface area contributed by atoms with Gasteiger partial charge in [-0.3, -0.25) is 4.90 Å². The fourth-order valence-corrected chi connectivity index (χ4v) is 2.03. The molecule has 98 valence electrons. The number of hydrogen-bond acceptors (Lipinski definition) is 6. The van der Waals surface area contributed by atoms with Gasteiger partial charge in [-0.15, -0.1) is 0 Å². The largest absolute Gasteiger partial charge is 0.443 e. The molecule has 6 nitrogen and oxygen atoms in total. The van der Waals surface area contributed by atoms with Crippen molar-refractivity contribution in [3.05, 3.63) is 42.0 Å². The van der Waals surface area contributed by atoms with E-state index in [1.807, 2.05) is 25.2 Å². The van der Waals surface area contributed by atoms with Gasteiger partial charge in [-0.25, -0.2) is 4.98 Å². The summed E-state index contributed by atoms with van der Waals surface area (Å²) in [4.78, 5) is 6.20. The van der Waals surface area contributed by atoms with Gasteiger partial charge in [0.05, 0.1) is 6.54 Å². The van der Waals surface area contributed by atoms with Crippen LogP contribution in [0.2, 0.25) is 0 Å². The molecule has 3 aromatic rings. The van der Waals surface area contributed by atoms with Gasteiger partial charge in [0.25, 0.3) is 0 Å². The number of rotatable bonds is 4. The van der Waals surface area contributed by atoms with E-state index in [2.05, 4.69) is 15.0 Å². The lowest BCUT2D eigenvalue weighted by atomic mass is 10.2. The summed E-state index contributed by atoms with van der Waals surface area (Å²) in [5.74, 6) is 1.16. The maximum absolute atomic E-state index is 5.51. The van der Waals surface area contributed by atoms with Gasteiger partial charge in [0.1, 0.15) is 5.52 Å². The topological polar surface area (TPSA) is 81.3 Å². The minimum Gasteiger partial charge on any atom is -0.443 e. The standard InChI is InChI=1S/C13H14N4O2/c1-17(7-10-5-13(14)16-19-10)6-9-2-3-11-12(4-9)18-8-15-11/h2-5,8H,6-7H2,1H3,(H2,14,16). The summed E-state index contributed by atoms with van der Waals surface area (Å²) in [7, 11) is 2.00. The van der Waals surface area contributed by atoms with Crippen LogP contribution in [0.4, 0.5) is 5.82 Å². The number of fused-ring (bicyclic) bond motifs is 1. The van der Waals surface area contributed by atoms with Gasteiger partial charge in [-0.1, -0.05) is 11.2 Å². The van der Waals surface area contributed by atoms with Gasteiger partial charge < -0.3 is 14.7 Å². The highest BCUT2D eigenvalue weighted by atomic mass is 16.5. The molecule has 0 saturated carbocycles. The van der Waals surface area contributed by atoms with E-state index in [1.165, 1.54) is 6.39 Å². The molecule has 6 heteroatoms. The summed E-state index contributed by atoms with van der Waals surface area (Å²) < 4.78 is 10.4. The van der Waals surface area contributed by atoms with Gasteiger partial charge >= 0.3 is 0 Å². The number of aromatic nitrogens is 2. The summed E-state index contributed by atoms with van der Waals surface area (Å²) in [6.07, 6.45) is 1.45. The summed E-state index contributed by atoms with van der Waals surface area (Å²) in [5.41, 5.74) is 8.34. The quantitative estimate of drug-likeness (QED) is 0.771. The van der Waals surface area contributed by atoms with Crippen molar-refractivity contribution in [3.8, 4) is 0 Å². The third kappa shape index (κ3) is 2.58. The van der Waals surface area contributed by atoms with Crippen molar-refractivity contribution in [2.45, 2.75) is 13.1 Å². The first-order valence-electron chi connectivity index (χ1n) is 5.92. The van der Waals surface area contributed by atoms with Crippen molar-refractivity contribution in [1.82, 2.24) is 15.0 Å². The third-order valence-electron chi connectivity index (χ3n) is 2.85. The second kappa shape index (κ2) is 4.74. The molecule has 3 rings (SSSR count). The number of hydrogen-bond donors (Lipinski definition) is 1. The van der Waals surface area contributed by atoms with E-state index in [0.717, 1.165) is 29.0 Å². The minimum absolute atomic E-state index is 0.409. The molecule has 0 unspecified atom stereocenters. The predicted molar refractivity (Wildman–Crippen MR) is 70.1 cm³/mol. The number of nitrogens with zero attached hydrogens (tertiary/aromatic N) is 3. The van der Waals surface area contributed by atoms with Gasteiger partial charge in [0.15, 0.2) is 23.6 Å². The average Bonchev–Trinajstić information content (AvgIpc) is 2.97. The third-order valence-corrected chi connectivity index (χ3v) is 2.85. The molecular weight excluding hydrogens is 244 g/mol. The lowest BCUT2D eigenvalue weighted by molar-refractivity contribution is 0.267. The first kappa shape index (κ1) is 11.7. The Morgan fingerprint density at radius 3 is 2.95 bits per heavy atom. The minimum atomic E-state index is 0.409. The molecule has 0 atom stereocenters. The van der Waals surface area contributed by atoms with Gasteiger partial charge in [0.2, 0.25) is 0 Å². The van der Waals surface area contributed by atoms with E-state index in [1.54, 1.807) is 6.07 Å². The van der Waals surface area contributed by atoms with E-state index in [9.17, 15) is 0 Å². The molecular formula is C13H14N4O2. The molecule has 0 fully saturated rings. The van der Waals surface area contributed by atoms with Crippen LogP contribution >= 0.6 is 0 Å². The van der Waals surface area contributed by atoms with E-state index >= 15 is 0 Å². The first-order valence-corrected chi connectivity index (χ1v) is 5.92. The highest BCUT2D eigenvalue weighted by molar-refractivity contribution is 5.72. The second-order valence-electron chi connectivity index (χ2n) is 4.54. The van der Waals surface area contributed by atoms with Crippen LogP contribution in [0.5, 0.6) is 0 Å². The summed E-state index contributed by atoms with van der Waals surface area (Å²) >= 11 is 0. The van der Waals surface area contributed by atoms with E-state index < -0.39 is 0 Å². The van der Waals surface area contributed by atoms with Crippen LogP contribution in [0.1, 0.15) is 11.3 Å². The Hall–Kier alpha value is -2.34. The number of anilines is 1. The smallest absolute Gasteiger partial charge is 0.181 e. The zero-order valence-electron chi connectivity index (χ0n) is 10.5. The zero-order valence-corrected chi connectivity index (χ0v) is 10.5. The molecule has 0 aliphatic heterocycles. The molecule has 0 amide bonds. The second-order valence-corrected chi connectivity index (χ2v) is 4.54. The molecule has 19 heavy (non-hydrogen) atoms. The van der Waals surface area contributed by atoms with Gasteiger partial charge in [-0.2, -0.15) is 0 Å². The van der Waals surface area contributed by atoms with E-state index in [4.69, 9.17) is 14.7 Å². The van der Waals surface area contributed by atoms with Crippen molar-refractivity contribution in [1.29, 1.82) is 0 Å². The Balaban J connectivity index is 1.69. The summed E-state index contributed by atoms with van der Waals surface area (Å²) in [6.45, 7) is 1.43. The van der Waals surface area contributed by atoms with Crippen LogP contribution in [0.3, 0.4) is 0 Å². The molecule has 0 aliphatic carbocycles. The van der Waals surface area contributed by atoms with Gasteiger partial charge in [-0.05, 0) is 24.7 Å². The molecule has 0 bridgehead atoms. The van der Waals surface area contributed by atoms with Crippen molar-refractivity contribution in [2.24, 2.45) is 0 Å². The highest BCUT2D eigenvalue weighted by Crippen LogP contribution is 2.16. The molecule has 2 N–H and O–H groups in total. The molecule has 0 radical (unpaired) electrons. The zero-order chi connectivity index (χ0) is 13.2. The molecule has 2 heterocycles. The summed E-state index contributed by atoms with van der Waals surface area (Å²) in [6, 6.07) is 7.72. The molecule has 2 aromatic heterocycles. The SMILES string of the molecule is CN(Cc1ccc2ncoc2c1)Cc1cc(N)no1. The van der Waals surface area contributed by atoms with Gasteiger partial charge in [0, 0.05) is 12.6 Å². The van der Waals surface area contributed by atoms with Crippen LogP contribution in [0.15, 0.2) is 39.6 Å². The monoisotopic (exact) mass is 258 g/mol. The fraction of sp³-hybridized carbons (Fsp3) is 0.231. The average molecular weight is 258 g/mol. The van der Waals surface area contributed by atoms with E-state index in [0.29, 0.717) is 12.4 Å². The number of benzene rings is 1. The van der Waals surface area contributed by atoms with Crippen molar-refractivity contribution < 1.29 is 8.94 Å². The Labute approximate surface area is 109 Å². The van der Waals surface area contributed by atoms with Crippen molar-refractivity contribution in [3.63, 3.8) is 0 Å². The number of nitrogen functional groups attached to an aromatic ring is 1. The van der Waals surface area contributed by atoms with Crippen LogP contribution in [-0.4, -0.2) is 22.1 Å². The first-order chi connectivity index (χ1) is 9.20. The Bertz CT molecular complexity index is 689. The van der Waals surface area contributed by atoms with Crippen molar-refractivity contribution >= 4 is 16.9 Å². The maximum Gasteiger partial charge on any atom is 0.181 e. The molecule has 0 spiro atoms. The summed E-state index contributed by atoms with van der Waals surface area (Å²) in [5, 5.41) is 3.66. The maximum atomic E-state index is 5.51. The van der Waals surface area contributed by atoms with Crippen LogP contribution in [0.25, 0.3) is 11.1 Å². The van der Waals surface area contributed by atoms with Crippen LogP contribution < -0.4 is 5.73 Å². The number of oxazole rings is 1. The molecule has 0 saturated heterocycles. The Kier molecular flexibility index (Phi) is 2.92. The van der Waals surface area contributed by atoms with Crippen LogP contribution in [-0.2, 0) is 13.1 Å². The number of nitrogens with two attached hydrogens (primary N) is 1. The Morgan fingerprint density at radius 1 is 1.26 bits per heavy atom. The lowest BCUT2D eigenvalue weighted by Crippen LogP contribution is -2.16. The van der Waals surface area contributed by atoms with Crippen molar-refractivity contribution in [2.75, 3.05) is 12.8 Å². The fourth-order valence-electron chi connectivity index (χ4n) is 2.03. The predicted octanol–water partition coefficient (Wildman–Crippen LogP) is 2.03. The normalized spacial score (nSPS) is 11.5. The molecule has 1 aromatic carbocycles. The highest BCUT2D eigenvalue weighted by Gasteiger charge is 2.07. The molecule has 0 aliphatic rings. The lowest BCUT2D eigenvalue weighted by Gasteiger charge is -2.14. The van der Waals surface area contributed by atoms with E-state index in [-0.39, 0.29) is 0 Å². The van der Waals surface area contributed by atoms with Crippen LogP contribution in [0, 0.1) is 0 Å².